The minimum absolute atomic E-state index is 0.0342. The van der Waals surface area contributed by atoms with E-state index < -0.39 is 0 Å². The number of nitrogens with two attached hydrogens (primary N) is 1. The summed E-state index contributed by atoms with van der Waals surface area (Å²) in [6.45, 7) is 6.38. The van der Waals surface area contributed by atoms with Gasteiger partial charge in [0.2, 0.25) is 0 Å². The van der Waals surface area contributed by atoms with Crippen LogP contribution in [0.2, 0.25) is 0 Å². The molecule has 12 heavy (non-hydrogen) atoms. The second-order valence-corrected chi connectivity index (χ2v) is 4.87. The number of rotatable bonds is 3. The van der Waals surface area contributed by atoms with Crippen molar-refractivity contribution in [2.75, 3.05) is 0 Å². The maximum Gasteiger partial charge on any atom is 0.0164 e. The van der Waals surface area contributed by atoms with E-state index in [1.807, 2.05) is 0 Å². The van der Waals surface area contributed by atoms with E-state index in [4.69, 9.17) is 5.73 Å². The Morgan fingerprint density at radius 3 is 2.67 bits per heavy atom. The molecule has 0 aromatic carbocycles. The van der Waals surface area contributed by atoms with Crippen LogP contribution in [0.3, 0.4) is 0 Å². The monoisotopic (exact) mass is 183 g/mol. The van der Waals surface area contributed by atoms with Gasteiger partial charge in [0.15, 0.2) is 0 Å². The average Bonchev–Trinajstić information content (AvgIpc) is 2.35. The summed E-state index contributed by atoms with van der Waals surface area (Å²) < 4.78 is 0. The Balaban J connectivity index is 2.63. The van der Waals surface area contributed by atoms with Gasteiger partial charge in [0.05, 0.1) is 0 Å². The lowest BCUT2D eigenvalue weighted by Gasteiger charge is -2.21. The summed E-state index contributed by atoms with van der Waals surface area (Å²) in [7, 11) is 0. The highest BCUT2D eigenvalue weighted by Crippen LogP contribution is 2.19. The van der Waals surface area contributed by atoms with E-state index in [0.29, 0.717) is 0 Å². The first-order chi connectivity index (χ1) is 5.53. The number of hydrogen-bond acceptors (Lipinski definition) is 2. The number of hydrogen-bond donors (Lipinski definition) is 1. The van der Waals surface area contributed by atoms with Crippen LogP contribution in [0.5, 0.6) is 0 Å². The highest BCUT2D eigenvalue weighted by molar-refractivity contribution is 7.10. The van der Waals surface area contributed by atoms with Gasteiger partial charge in [0.1, 0.15) is 0 Å². The standard InChI is InChI=1S/C10H17NS/c1-4-10(3,11)6-9-5-8(2)12-7-9/h5,7H,4,6,11H2,1-3H3. The third-order valence-corrected chi connectivity index (χ3v) is 3.11. The van der Waals surface area contributed by atoms with Gasteiger partial charge in [0, 0.05) is 10.4 Å². The number of thiophene rings is 1. The summed E-state index contributed by atoms with van der Waals surface area (Å²) in [5, 5.41) is 2.20. The van der Waals surface area contributed by atoms with Crippen LogP contribution in [0, 0.1) is 6.92 Å². The molecular weight excluding hydrogens is 166 g/mol. The van der Waals surface area contributed by atoms with Crippen LogP contribution in [0.15, 0.2) is 11.4 Å². The molecule has 1 atom stereocenters. The van der Waals surface area contributed by atoms with Crippen LogP contribution in [0.4, 0.5) is 0 Å². The van der Waals surface area contributed by atoms with Crippen molar-refractivity contribution in [1.29, 1.82) is 0 Å². The van der Waals surface area contributed by atoms with Gasteiger partial charge in [-0.1, -0.05) is 6.92 Å². The van der Waals surface area contributed by atoms with Gasteiger partial charge >= 0.3 is 0 Å². The first-order valence-electron chi connectivity index (χ1n) is 4.36. The van der Waals surface area contributed by atoms with Crippen molar-refractivity contribution in [1.82, 2.24) is 0 Å². The highest BCUT2D eigenvalue weighted by atomic mass is 32.1. The van der Waals surface area contributed by atoms with E-state index in [0.717, 1.165) is 12.8 Å². The van der Waals surface area contributed by atoms with Crippen molar-refractivity contribution >= 4 is 11.3 Å². The Bertz CT molecular complexity index is 250. The summed E-state index contributed by atoms with van der Waals surface area (Å²) in [6.07, 6.45) is 2.02. The van der Waals surface area contributed by atoms with Crippen molar-refractivity contribution in [3.63, 3.8) is 0 Å². The van der Waals surface area contributed by atoms with Gasteiger partial charge in [-0.3, -0.25) is 0 Å². The zero-order valence-electron chi connectivity index (χ0n) is 8.05. The van der Waals surface area contributed by atoms with E-state index >= 15 is 0 Å². The second kappa shape index (κ2) is 3.58. The van der Waals surface area contributed by atoms with Crippen LogP contribution < -0.4 is 5.73 Å². The molecule has 1 aromatic heterocycles. The first kappa shape index (κ1) is 9.75. The highest BCUT2D eigenvalue weighted by Gasteiger charge is 2.16. The Hall–Kier alpha value is -0.340. The normalized spacial score (nSPS) is 16.0. The molecule has 1 unspecified atom stereocenters. The van der Waals surface area contributed by atoms with Crippen molar-refractivity contribution in [3.05, 3.63) is 21.9 Å². The largest absolute Gasteiger partial charge is 0.325 e. The lowest BCUT2D eigenvalue weighted by molar-refractivity contribution is 0.450. The molecule has 2 heteroatoms. The molecule has 0 saturated heterocycles. The first-order valence-corrected chi connectivity index (χ1v) is 5.24. The van der Waals surface area contributed by atoms with Crippen LogP contribution in [0.25, 0.3) is 0 Å². The number of aryl methyl sites for hydroxylation is 1. The Labute approximate surface area is 78.6 Å². The molecule has 68 valence electrons. The molecule has 1 aromatic rings. The summed E-state index contributed by atoms with van der Waals surface area (Å²) in [5.41, 5.74) is 7.41. The van der Waals surface area contributed by atoms with Crippen LogP contribution >= 0.6 is 11.3 Å². The van der Waals surface area contributed by atoms with Crippen LogP contribution in [0.1, 0.15) is 30.7 Å². The predicted octanol–water partition coefficient (Wildman–Crippen LogP) is 2.73. The van der Waals surface area contributed by atoms with Crippen molar-refractivity contribution < 1.29 is 0 Å². The van der Waals surface area contributed by atoms with Gasteiger partial charge < -0.3 is 5.73 Å². The van der Waals surface area contributed by atoms with E-state index in [-0.39, 0.29) is 5.54 Å². The molecule has 0 spiro atoms. The van der Waals surface area contributed by atoms with E-state index in [1.165, 1.54) is 10.4 Å². The van der Waals surface area contributed by atoms with Crippen LogP contribution in [-0.2, 0) is 6.42 Å². The molecular formula is C10H17NS. The summed E-state index contributed by atoms with van der Waals surface area (Å²) in [6, 6.07) is 2.23. The fourth-order valence-electron chi connectivity index (χ4n) is 1.18. The molecule has 2 N–H and O–H groups in total. The lowest BCUT2D eigenvalue weighted by atomic mass is 9.93. The fourth-order valence-corrected chi connectivity index (χ4v) is 1.89. The smallest absolute Gasteiger partial charge is 0.0164 e. The molecule has 0 aliphatic rings. The molecule has 1 nitrogen and oxygen atoms in total. The maximum atomic E-state index is 6.06. The lowest BCUT2D eigenvalue weighted by Crippen LogP contribution is -2.37. The SMILES string of the molecule is CCC(C)(N)Cc1csc(C)c1. The molecule has 1 heterocycles. The van der Waals surface area contributed by atoms with Gasteiger partial charge in [0.25, 0.3) is 0 Å². The topological polar surface area (TPSA) is 26.0 Å². The molecule has 1 rings (SSSR count). The minimum Gasteiger partial charge on any atom is -0.325 e. The van der Waals surface area contributed by atoms with Gasteiger partial charge in [-0.2, -0.15) is 0 Å². The molecule has 0 bridgehead atoms. The molecule has 0 fully saturated rings. The van der Waals surface area contributed by atoms with Crippen molar-refractivity contribution in [2.24, 2.45) is 5.73 Å². The van der Waals surface area contributed by atoms with Crippen LogP contribution in [-0.4, -0.2) is 5.54 Å². The molecule has 0 amide bonds. The Morgan fingerprint density at radius 2 is 2.25 bits per heavy atom. The van der Waals surface area contributed by atoms with E-state index in [2.05, 4.69) is 32.2 Å². The van der Waals surface area contributed by atoms with Crippen molar-refractivity contribution in [3.8, 4) is 0 Å². The third kappa shape index (κ3) is 2.61. The maximum absolute atomic E-state index is 6.06. The minimum atomic E-state index is -0.0342. The third-order valence-electron chi connectivity index (χ3n) is 2.20. The summed E-state index contributed by atoms with van der Waals surface area (Å²) >= 11 is 1.80. The quantitative estimate of drug-likeness (QED) is 0.766. The average molecular weight is 183 g/mol. The molecule has 0 radical (unpaired) electrons. The molecule has 0 aliphatic carbocycles. The summed E-state index contributed by atoms with van der Waals surface area (Å²) in [5.74, 6) is 0. The van der Waals surface area contributed by atoms with Crippen molar-refractivity contribution in [2.45, 2.75) is 39.2 Å². The Kier molecular flexibility index (Phi) is 2.91. The zero-order valence-corrected chi connectivity index (χ0v) is 8.87. The Morgan fingerprint density at radius 1 is 1.58 bits per heavy atom. The molecule has 0 saturated carbocycles. The second-order valence-electron chi connectivity index (χ2n) is 3.75. The molecule has 0 aliphatic heterocycles. The van der Waals surface area contributed by atoms with Gasteiger partial charge in [-0.05, 0) is 43.7 Å². The van der Waals surface area contributed by atoms with Gasteiger partial charge in [-0.25, -0.2) is 0 Å². The van der Waals surface area contributed by atoms with Gasteiger partial charge in [-0.15, -0.1) is 11.3 Å². The fraction of sp³-hybridized carbons (Fsp3) is 0.600. The van der Waals surface area contributed by atoms with E-state index in [9.17, 15) is 0 Å². The summed E-state index contributed by atoms with van der Waals surface area (Å²) in [4.78, 5) is 1.37. The van der Waals surface area contributed by atoms with E-state index in [1.54, 1.807) is 11.3 Å². The zero-order chi connectivity index (χ0) is 9.19. The predicted molar refractivity (Wildman–Crippen MR) is 55.6 cm³/mol.